The number of hydrogen-bond donors (Lipinski definition) is 0. The van der Waals surface area contributed by atoms with E-state index in [1.165, 1.54) is 6.26 Å². The second-order valence-corrected chi connectivity index (χ2v) is 4.20. The van der Waals surface area contributed by atoms with Crippen molar-refractivity contribution in [3.63, 3.8) is 0 Å². The van der Waals surface area contributed by atoms with Crippen molar-refractivity contribution in [2.24, 2.45) is 0 Å². The summed E-state index contributed by atoms with van der Waals surface area (Å²) in [5.74, 6) is 0.931. The molecule has 0 unspecified atom stereocenters. The predicted octanol–water partition coefficient (Wildman–Crippen LogP) is 3.97. The molecule has 0 saturated heterocycles. The summed E-state index contributed by atoms with van der Waals surface area (Å²) in [7, 11) is 0. The Labute approximate surface area is 110 Å². The van der Waals surface area contributed by atoms with Crippen molar-refractivity contribution in [1.82, 2.24) is 0 Å². The van der Waals surface area contributed by atoms with Gasteiger partial charge in [0.05, 0.1) is 18.9 Å². The molecule has 0 amide bonds. The highest BCUT2D eigenvalue weighted by molar-refractivity contribution is 5.95. The smallest absolute Gasteiger partial charge is 0.205 e. The Balaban J connectivity index is 1.87. The zero-order valence-electron chi connectivity index (χ0n) is 10.2. The van der Waals surface area contributed by atoms with Crippen LogP contribution < -0.4 is 0 Å². The SMILES string of the molecule is O=C(Cc1occc1-c1ccccc1)c1ccco1. The van der Waals surface area contributed by atoms with E-state index in [4.69, 9.17) is 8.83 Å². The fourth-order valence-electron chi connectivity index (χ4n) is 2.02. The number of ketones is 1. The number of carbonyl (C=O) groups excluding carboxylic acids is 1. The molecule has 2 heterocycles. The topological polar surface area (TPSA) is 43.4 Å². The van der Waals surface area contributed by atoms with Crippen LogP contribution in [-0.4, -0.2) is 5.78 Å². The van der Waals surface area contributed by atoms with E-state index in [0.29, 0.717) is 11.5 Å². The summed E-state index contributed by atoms with van der Waals surface area (Å²) in [6.45, 7) is 0. The summed E-state index contributed by atoms with van der Waals surface area (Å²) in [5, 5.41) is 0. The molecule has 0 aliphatic heterocycles. The fourth-order valence-corrected chi connectivity index (χ4v) is 2.02. The summed E-state index contributed by atoms with van der Waals surface area (Å²) in [4.78, 5) is 12.0. The van der Waals surface area contributed by atoms with Gasteiger partial charge in [0.1, 0.15) is 5.76 Å². The minimum atomic E-state index is -0.0860. The van der Waals surface area contributed by atoms with E-state index in [-0.39, 0.29) is 12.2 Å². The van der Waals surface area contributed by atoms with E-state index < -0.39 is 0 Å². The highest BCUT2D eigenvalue weighted by Crippen LogP contribution is 2.25. The predicted molar refractivity (Wildman–Crippen MR) is 70.9 cm³/mol. The standard InChI is InChI=1S/C16H12O3/c17-14(15-7-4-9-18-15)11-16-13(8-10-19-16)12-5-2-1-3-6-12/h1-10H,11H2. The molecule has 0 atom stereocenters. The van der Waals surface area contributed by atoms with Gasteiger partial charge in [-0.05, 0) is 23.8 Å². The first-order valence-electron chi connectivity index (χ1n) is 6.03. The van der Waals surface area contributed by atoms with Crippen LogP contribution in [0.5, 0.6) is 0 Å². The van der Waals surface area contributed by atoms with Gasteiger partial charge in [0.25, 0.3) is 0 Å². The summed E-state index contributed by atoms with van der Waals surface area (Å²) in [5.41, 5.74) is 1.99. The molecular formula is C16H12O3. The van der Waals surface area contributed by atoms with Gasteiger partial charge in [-0.2, -0.15) is 0 Å². The van der Waals surface area contributed by atoms with Crippen molar-refractivity contribution in [2.75, 3.05) is 0 Å². The van der Waals surface area contributed by atoms with Gasteiger partial charge < -0.3 is 8.83 Å². The van der Waals surface area contributed by atoms with Crippen LogP contribution in [0.15, 0.2) is 69.9 Å². The van der Waals surface area contributed by atoms with Gasteiger partial charge in [0, 0.05) is 5.56 Å². The van der Waals surface area contributed by atoms with E-state index in [2.05, 4.69) is 0 Å². The minimum Gasteiger partial charge on any atom is -0.468 e. The van der Waals surface area contributed by atoms with Gasteiger partial charge >= 0.3 is 0 Å². The highest BCUT2D eigenvalue weighted by atomic mass is 16.3. The van der Waals surface area contributed by atoms with E-state index in [0.717, 1.165) is 11.1 Å². The van der Waals surface area contributed by atoms with Crippen LogP contribution in [0.25, 0.3) is 11.1 Å². The molecule has 94 valence electrons. The van der Waals surface area contributed by atoms with Gasteiger partial charge in [-0.15, -0.1) is 0 Å². The zero-order valence-corrected chi connectivity index (χ0v) is 10.2. The molecule has 0 N–H and O–H groups in total. The number of hydrogen-bond acceptors (Lipinski definition) is 3. The van der Waals surface area contributed by atoms with Gasteiger partial charge in [0.2, 0.25) is 5.78 Å². The first-order valence-corrected chi connectivity index (χ1v) is 6.03. The summed E-state index contributed by atoms with van der Waals surface area (Å²) in [6, 6.07) is 15.1. The monoisotopic (exact) mass is 252 g/mol. The highest BCUT2D eigenvalue weighted by Gasteiger charge is 2.15. The molecule has 0 aliphatic carbocycles. The lowest BCUT2D eigenvalue weighted by Gasteiger charge is -2.01. The maximum Gasteiger partial charge on any atom is 0.205 e. The fraction of sp³-hybridized carbons (Fsp3) is 0.0625. The summed E-state index contributed by atoms with van der Waals surface area (Å²) < 4.78 is 10.5. The Bertz CT molecular complexity index is 663. The van der Waals surface area contributed by atoms with Crippen molar-refractivity contribution in [3.8, 4) is 11.1 Å². The lowest BCUT2D eigenvalue weighted by Crippen LogP contribution is -2.02. The van der Waals surface area contributed by atoms with Gasteiger partial charge in [-0.3, -0.25) is 4.79 Å². The van der Waals surface area contributed by atoms with Gasteiger partial charge in [0.15, 0.2) is 5.76 Å². The molecule has 3 aromatic rings. The molecule has 1 aromatic carbocycles. The average molecular weight is 252 g/mol. The molecule has 0 saturated carbocycles. The first-order chi connectivity index (χ1) is 9.34. The molecule has 0 aliphatic rings. The lowest BCUT2D eigenvalue weighted by atomic mass is 10.0. The van der Waals surface area contributed by atoms with Crippen molar-refractivity contribution in [1.29, 1.82) is 0 Å². The van der Waals surface area contributed by atoms with Crippen LogP contribution in [0.2, 0.25) is 0 Å². The number of benzene rings is 1. The molecule has 2 aromatic heterocycles. The Morgan fingerprint density at radius 1 is 0.895 bits per heavy atom. The van der Waals surface area contributed by atoms with Crippen LogP contribution in [0.4, 0.5) is 0 Å². The van der Waals surface area contributed by atoms with Crippen LogP contribution in [0, 0.1) is 0 Å². The molecule has 3 nitrogen and oxygen atoms in total. The van der Waals surface area contributed by atoms with Crippen LogP contribution in [-0.2, 0) is 6.42 Å². The van der Waals surface area contributed by atoms with Gasteiger partial charge in [-0.1, -0.05) is 30.3 Å². The largest absolute Gasteiger partial charge is 0.468 e. The van der Waals surface area contributed by atoms with Crippen molar-refractivity contribution < 1.29 is 13.6 Å². The quantitative estimate of drug-likeness (QED) is 0.660. The second-order valence-electron chi connectivity index (χ2n) is 4.20. The Kier molecular flexibility index (Phi) is 3.02. The Hall–Kier alpha value is -2.55. The molecule has 0 fully saturated rings. The third-order valence-corrected chi connectivity index (χ3v) is 2.95. The Morgan fingerprint density at radius 2 is 1.74 bits per heavy atom. The van der Waals surface area contributed by atoms with Crippen LogP contribution >= 0.6 is 0 Å². The van der Waals surface area contributed by atoms with Crippen molar-refractivity contribution in [2.45, 2.75) is 6.42 Å². The number of rotatable bonds is 4. The van der Waals surface area contributed by atoms with Crippen molar-refractivity contribution in [3.05, 3.63) is 72.6 Å². The van der Waals surface area contributed by atoms with Crippen LogP contribution in [0.1, 0.15) is 16.3 Å². The molecule has 19 heavy (non-hydrogen) atoms. The summed E-state index contributed by atoms with van der Waals surface area (Å²) in [6.07, 6.45) is 3.30. The van der Waals surface area contributed by atoms with Crippen LogP contribution in [0.3, 0.4) is 0 Å². The number of Topliss-reactive ketones (excluding diaryl/α,β-unsaturated/α-hetero) is 1. The van der Waals surface area contributed by atoms with Gasteiger partial charge in [-0.25, -0.2) is 0 Å². The minimum absolute atomic E-state index is 0.0860. The van der Waals surface area contributed by atoms with E-state index >= 15 is 0 Å². The Morgan fingerprint density at radius 3 is 2.47 bits per heavy atom. The third kappa shape index (κ3) is 2.36. The maximum atomic E-state index is 12.0. The number of furan rings is 2. The van der Waals surface area contributed by atoms with E-state index in [9.17, 15) is 4.79 Å². The maximum absolute atomic E-state index is 12.0. The molecule has 0 radical (unpaired) electrons. The second kappa shape index (κ2) is 4.98. The molecule has 0 bridgehead atoms. The number of carbonyl (C=O) groups is 1. The zero-order chi connectivity index (χ0) is 13.1. The average Bonchev–Trinajstić information content (AvgIpc) is 3.11. The molecular weight excluding hydrogens is 240 g/mol. The first kappa shape index (κ1) is 11.5. The van der Waals surface area contributed by atoms with E-state index in [1.54, 1.807) is 18.4 Å². The molecule has 3 rings (SSSR count). The normalized spacial score (nSPS) is 10.5. The van der Waals surface area contributed by atoms with E-state index in [1.807, 2.05) is 36.4 Å². The van der Waals surface area contributed by atoms with Crippen molar-refractivity contribution >= 4 is 5.78 Å². The molecule has 0 spiro atoms. The molecule has 3 heteroatoms. The third-order valence-electron chi connectivity index (χ3n) is 2.95. The lowest BCUT2D eigenvalue weighted by molar-refractivity contribution is 0.0960. The summed E-state index contributed by atoms with van der Waals surface area (Å²) >= 11 is 0.